The zero-order chi connectivity index (χ0) is 15.6. The highest BCUT2D eigenvalue weighted by molar-refractivity contribution is 7.99. The number of thioether (sulfide) groups is 1. The van der Waals surface area contributed by atoms with Gasteiger partial charge in [0.05, 0.1) is 4.92 Å². The first-order valence-electron chi connectivity index (χ1n) is 7.46. The van der Waals surface area contributed by atoms with E-state index in [1.807, 2.05) is 25.6 Å². The van der Waals surface area contributed by atoms with Gasteiger partial charge < -0.3 is 5.32 Å². The fourth-order valence-electron chi connectivity index (χ4n) is 2.90. The number of nitrogens with one attached hydrogen (secondary N) is 1. The first-order valence-corrected chi connectivity index (χ1v) is 8.75. The molecule has 1 aliphatic rings. The van der Waals surface area contributed by atoms with Gasteiger partial charge in [0.15, 0.2) is 0 Å². The van der Waals surface area contributed by atoms with Crippen molar-refractivity contribution in [3.63, 3.8) is 0 Å². The lowest BCUT2D eigenvalue weighted by Crippen LogP contribution is -2.28. The predicted molar refractivity (Wildman–Crippen MR) is 87.2 cm³/mol. The SMILES string of the molecule is CSC1CCC(Nc2c([N+](=O)[O-])c(C)nn2C(C)C)CC1. The summed E-state index contributed by atoms with van der Waals surface area (Å²) in [4.78, 5) is 11.0. The number of hydrogen-bond acceptors (Lipinski definition) is 5. The number of hydrogen-bond donors (Lipinski definition) is 1. The minimum Gasteiger partial charge on any atom is -0.362 e. The molecule has 1 aliphatic carbocycles. The van der Waals surface area contributed by atoms with Crippen LogP contribution in [0.25, 0.3) is 0 Å². The van der Waals surface area contributed by atoms with E-state index in [0.29, 0.717) is 17.6 Å². The Morgan fingerprint density at radius 2 is 2.00 bits per heavy atom. The Hall–Kier alpha value is -1.24. The summed E-state index contributed by atoms with van der Waals surface area (Å²) in [5.41, 5.74) is 0.602. The Bertz CT molecular complexity index is 507. The molecule has 0 unspecified atom stereocenters. The molecule has 118 valence electrons. The molecule has 21 heavy (non-hydrogen) atoms. The van der Waals surface area contributed by atoms with Crippen molar-refractivity contribution in [1.82, 2.24) is 9.78 Å². The highest BCUT2D eigenvalue weighted by Gasteiger charge is 2.29. The third-order valence-electron chi connectivity index (χ3n) is 4.07. The lowest BCUT2D eigenvalue weighted by Gasteiger charge is -2.28. The highest BCUT2D eigenvalue weighted by Crippen LogP contribution is 2.34. The summed E-state index contributed by atoms with van der Waals surface area (Å²) in [5, 5.41) is 19.8. The fraction of sp³-hybridized carbons (Fsp3) is 0.786. The van der Waals surface area contributed by atoms with Gasteiger partial charge in [-0.2, -0.15) is 16.9 Å². The van der Waals surface area contributed by atoms with Gasteiger partial charge in [-0.1, -0.05) is 0 Å². The lowest BCUT2D eigenvalue weighted by atomic mass is 9.95. The molecule has 1 N–H and O–H groups in total. The highest BCUT2D eigenvalue weighted by atomic mass is 32.2. The lowest BCUT2D eigenvalue weighted by molar-refractivity contribution is -0.384. The fourth-order valence-corrected chi connectivity index (χ4v) is 3.65. The number of anilines is 1. The van der Waals surface area contributed by atoms with Crippen LogP contribution < -0.4 is 5.32 Å². The molecule has 0 aliphatic heterocycles. The molecule has 1 fully saturated rings. The van der Waals surface area contributed by atoms with E-state index in [-0.39, 0.29) is 16.7 Å². The Morgan fingerprint density at radius 1 is 1.38 bits per heavy atom. The van der Waals surface area contributed by atoms with Gasteiger partial charge in [0.25, 0.3) is 0 Å². The molecule has 0 aromatic carbocycles. The summed E-state index contributed by atoms with van der Waals surface area (Å²) in [6.07, 6.45) is 6.61. The van der Waals surface area contributed by atoms with E-state index >= 15 is 0 Å². The van der Waals surface area contributed by atoms with Crippen molar-refractivity contribution in [1.29, 1.82) is 0 Å². The van der Waals surface area contributed by atoms with Crippen LogP contribution in [0.2, 0.25) is 0 Å². The molecule has 1 aromatic rings. The van der Waals surface area contributed by atoms with Gasteiger partial charge in [-0.3, -0.25) is 10.1 Å². The quantitative estimate of drug-likeness (QED) is 0.662. The van der Waals surface area contributed by atoms with Crippen LogP contribution in [-0.2, 0) is 0 Å². The van der Waals surface area contributed by atoms with E-state index in [1.54, 1.807) is 11.6 Å². The smallest absolute Gasteiger partial charge is 0.333 e. The standard InChI is InChI=1S/C14H24N4O2S/c1-9(2)17-14(13(18(19)20)10(3)16-17)15-11-5-7-12(21-4)8-6-11/h9,11-12,15H,5-8H2,1-4H3. The van der Waals surface area contributed by atoms with E-state index in [9.17, 15) is 10.1 Å². The molecule has 0 radical (unpaired) electrons. The summed E-state index contributed by atoms with van der Waals surface area (Å²) >= 11 is 1.92. The predicted octanol–water partition coefficient (Wildman–Crippen LogP) is 3.77. The van der Waals surface area contributed by atoms with Gasteiger partial charge in [-0.05, 0) is 52.7 Å². The van der Waals surface area contributed by atoms with Gasteiger partial charge >= 0.3 is 5.69 Å². The molecule has 0 spiro atoms. The van der Waals surface area contributed by atoms with Crippen molar-refractivity contribution < 1.29 is 4.92 Å². The molecule has 0 amide bonds. The Labute approximate surface area is 129 Å². The van der Waals surface area contributed by atoms with E-state index in [4.69, 9.17) is 0 Å². The molecule has 0 saturated heterocycles. The van der Waals surface area contributed by atoms with Crippen molar-refractivity contribution in [2.75, 3.05) is 11.6 Å². The first kappa shape index (κ1) is 16.1. The van der Waals surface area contributed by atoms with Crippen molar-refractivity contribution in [3.05, 3.63) is 15.8 Å². The second-order valence-corrected chi connectivity index (χ2v) is 7.07. The van der Waals surface area contributed by atoms with Gasteiger partial charge in [0.1, 0.15) is 5.69 Å². The van der Waals surface area contributed by atoms with E-state index in [1.165, 1.54) is 12.8 Å². The Kier molecular flexibility index (Phi) is 5.13. The van der Waals surface area contributed by atoms with Crippen LogP contribution in [0, 0.1) is 17.0 Å². The number of aromatic nitrogens is 2. The second-order valence-electron chi connectivity index (χ2n) is 5.93. The second kappa shape index (κ2) is 6.68. The molecule has 6 nitrogen and oxygen atoms in total. The summed E-state index contributed by atoms with van der Waals surface area (Å²) in [5.74, 6) is 0.570. The van der Waals surface area contributed by atoms with Crippen molar-refractivity contribution >= 4 is 23.3 Å². The number of rotatable bonds is 5. The van der Waals surface area contributed by atoms with Gasteiger partial charge in [0, 0.05) is 17.3 Å². The molecule has 2 rings (SSSR count). The zero-order valence-corrected chi connectivity index (χ0v) is 13.9. The third-order valence-corrected chi connectivity index (χ3v) is 5.21. The number of aryl methyl sites for hydroxylation is 1. The van der Waals surface area contributed by atoms with Crippen molar-refractivity contribution in [2.45, 2.75) is 63.8 Å². The van der Waals surface area contributed by atoms with Gasteiger partial charge in [-0.25, -0.2) is 4.68 Å². The third kappa shape index (κ3) is 3.51. The maximum atomic E-state index is 11.3. The zero-order valence-electron chi connectivity index (χ0n) is 13.1. The van der Waals surface area contributed by atoms with E-state index < -0.39 is 0 Å². The van der Waals surface area contributed by atoms with Crippen molar-refractivity contribution in [2.24, 2.45) is 0 Å². The molecule has 0 atom stereocenters. The molecular formula is C14H24N4O2S. The summed E-state index contributed by atoms with van der Waals surface area (Å²) in [6, 6.07) is 0.406. The summed E-state index contributed by atoms with van der Waals surface area (Å²) in [7, 11) is 0. The average molecular weight is 312 g/mol. The molecule has 1 aromatic heterocycles. The van der Waals surface area contributed by atoms with Crippen LogP contribution in [-0.4, -0.2) is 32.3 Å². The molecule has 1 heterocycles. The maximum absolute atomic E-state index is 11.3. The topological polar surface area (TPSA) is 73.0 Å². The van der Waals surface area contributed by atoms with Crippen LogP contribution >= 0.6 is 11.8 Å². The monoisotopic (exact) mass is 312 g/mol. The van der Waals surface area contributed by atoms with Crippen molar-refractivity contribution in [3.8, 4) is 0 Å². The molecule has 1 saturated carbocycles. The Balaban J connectivity index is 2.20. The molecule has 0 bridgehead atoms. The van der Waals surface area contributed by atoms with Crippen LogP contribution in [0.3, 0.4) is 0 Å². The minimum atomic E-state index is -0.322. The van der Waals surface area contributed by atoms with Crippen LogP contribution in [0.1, 0.15) is 51.3 Å². The largest absolute Gasteiger partial charge is 0.362 e. The minimum absolute atomic E-state index is 0.0995. The molecule has 7 heteroatoms. The van der Waals surface area contributed by atoms with E-state index in [2.05, 4.69) is 16.7 Å². The van der Waals surface area contributed by atoms with Gasteiger partial charge in [-0.15, -0.1) is 0 Å². The number of nitrogens with zero attached hydrogens (tertiary/aromatic N) is 3. The average Bonchev–Trinajstić information content (AvgIpc) is 2.76. The van der Waals surface area contributed by atoms with E-state index in [0.717, 1.165) is 18.1 Å². The van der Waals surface area contributed by atoms with Gasteiger partial charge in [0.2, 0.25) is 5.82 Å². The summed E-state index contributed by atoms with van der Waals surface area (Å²) < 4.78 is 1.74. The first-order chi connectivity index (χ1) is 9.93. The van der Waals surface area contributed by atoms with Crippen LogP contribution in [0.4, 0.5) is 11.5 Å². The Morgan fingerprint density at radius 3 is 2.48 bits per heavy atom. The molecular weight excluding hydrogens is 288 g/mol. The maximum Gasteiger partial charge on any atom is 0.333 e. The summed E-state index contributed by atoms with van der Waals surface area (Å²) in [6.45, 7) is 5.69. The van der Waals surface area contributed by atoms with Crippen LogP contribution in [0.5, 0.6) is 0 Å². The number of nitro groups is 1. The normalized spacial score (nSPS) is 22.5. The van der Waals surface area contributed by atoms with Crippen LogP contribution in [0.15, 0.2) is 0 Å².